The van der Waals surface area contributed by atoms with Crippen molar-refractivity contribution >= 4 is 18.3 Å². The van der Waals surface area contributed by atoms with Crippen LogP contribution in [-0.4, -0.2) is 71.2 Å². The topological polar surface area (TPSA) is 74.5 Å². The van der Waals surface area contributed by atoms with Gasteiger partial charge in [-0.2, -0.15) is 4.98 Å². The van der Waals surface area contributed by atoms with Crippen molar-refractivity contribution < 1.29 is 9.32 Å². The number of halogens is 1. The van der Waals surface area contributed by atoms with Crippen LogP contribution in [0.5, 0.6) is 0 Å². The molecule has 1 N–H and O–H groups in total. The van der Waals surface area contributed by atoms with Gasteiger partial charge in [0.25, 0.3) is 5.91 Å². The van der Waals surface area contributed by atoms with E-state index >= 15 is 0 Å². The molecule has 1 unspecified atom stereocenters. The van der Waals surface area contributed by atoms with Gasteiger partial charge in [0.05, 0.1) is 0 Å². The summed E-state index contributed by atoms with van der Waals surface area (Å²) >= 11 is 0. The van der Waals surface area contributed by atoms with Crippen LogP contribution >= 0.6 is 12.4 Å². The van der Waals surface area contributed by atoms with Crippen LogP contribution in [0.2, 0.25) is 0 Å². The Kier molecular flexibility index (Phi) is 7.16. The molecule has 164 valence electrons. The van der Waals surface area contributed by atoms with Crippen LogP contribution in [0, 0.1) is 5.41 Å². The Morgan fingerprint density at radius 1 is 1.23 bits per heavy atom. The van der Waals surface area contributed by atoms with Crippen molar-refractivity contribution in [2.75, 3.05) is 39.3 Å². The maximum atomic E-state index is 13.1. The molecule has 7 nitrogen and oxygen atoms in total. The van der Waals surface area contributed by atoms with Gasteiger partial charge in [-0.3, -0.25) is 9.69 Å². The second kappa shape index (κ2) is 9.45. The Bertz CT molecular complexity index is 857. The first kappa shape index (κ1) is 22.7. The van der Waals surface area contributed by atoms with Gasteiger partial charge in [-0.15, -0.1) is 12.4 Å². The minimum absolute atomic E-state index is 0. The minimum atomic E-state index is 0. The van der Waals surface area contributed by atoms with E-state index < -0.39 is 0 Å². The first-order valence-corrected chi connectivity index (χ1v) is 10.6. The maximum absolute atomic E-state index is 13.1. The Morgan fingerprint density at radius 3 is 2.73 bits per heavy atom. The highest BCUT2D eigenvalue weighted by atomic mass is 35.5. The first-order chi connectivity index (χ1) is 13.9. The van der Waals surface area contributed by atoms with Crippen LogP contribution in [0.25, 0.3) is 11.4 Å². The molecule has 2 aliphatic rings. The zero-order valence-electron chi connectivity index (χ0n) is 18.1. The van der Waals surface area contributed by atoms with Crippen LogP contribution in [0.1, 0.15) is 43.4 Å². The molecule has 8 heteroatoms. The summed E-state index contributed by atoms with van der Waals surface area (Å²) in [6.07, 6.45) is 1.77. The number of amides is 1. The summed E-state index contributed by atoms with van der Waals surface area (Å²) in [6, 6.07) is 8.05. The van der Waals surface area contributed by atoms with Crippen molar-refractivity contribution in [1.29, 1.82) is 0 Å². The van der Waals surface area contributed by atoms with E-state index in [-0.39, 0.29) is 23.7 Å². The fourth-order valence-electron chi connectivity index (χ4n) is 4.14. The SMILES string of the molecule is CC(C)(C)Cc1nc(-c2cccc(C(=O)N3CCC(N4CCNCC4)C3)c2)no1.Cl. The molecule has 30 heavy (non-hydrogen) atoms. The molecule has 0 bridgehead atoms. The number of carbonyl (C=O) groups is 1. The quantitative estimate of drug-likeness (QED) is 0.799. The van der Waals surface area contributed by atoms with Crippen LogP contribution in [0.4, 0.5) is 0 Å². The Labute approximate surface area is 184 Å². The Morgan fingerprint density at radius 2 is 2.00 bits per heavy atom. The zero-order chi connectivity index (χ0) is 20.4. The highest BCUT2D eigenvalue weighted by Crippen LogP contribution is 2.24. The van der Waals surface area contributed by atoms with Gasteiger partial charge in [0.2, 0.25) is 11.7 Å². The van der Waals surface area contributed by atoms with Gasteiger partial charge in [0.1, 0.15) is 0 Å². The van der Waals surface area contributed by atoms with Gasteiger partial charge in [0, 0.05) is 62.9 Å². The van der Waals surface area contributed by atoms with Crippen molar-refractivity contribution in [2.45, 2.75) is 39.7 Å². The summed E-state index contributed by atoms with van der Waals surface area (Å²) < 4.78 is 5.41. The number of aromatic nitrogens is 2. The van der Waals surface area contributed by atoms with E-state index in [2.05, 4.69) is 41.1 Å². The molecule has 4 rings (SSSR count). The molecule has 1 aromatic carbocycles. The van der Waals surface area contributed by atoms with Gasteiger partial charge in [-0.05, 0) is 24.0 Å². The summed E-state index contributed by atoms with van der Waals surface area (Å²) in [5.74, 6) is 1.25. The number of rotatable bonds is 4. The number of carbonyl (C=O) groups excluding carboxylic acids is 1. The van der Waals surface area contributed by atoms with E-state index in [0.717, 1.165) is 57.7 Å². The number of piperazine rings is 1. The lowest BCUT2D eigenvalue weighted by Gasteiger charge is -2.32. The van der Waals surface area contributed by atoms with Crippen LogP contribution in [-0.2, 0) is 6.42 Å². The van der Waals surface area contributed by atoms with Crippen LogP contribution in [0.3, 0.4) is 0 Å². The van der Waals surface area contributed by atoms with Gasteiger partial charge in [-0.1, -0.05) is 38.1 Å². The summed E-state index contributed by atoms with van der Waals surface area (Å²) in [6.45, 7) is 12.2. The summed E-state index contributed by atoms with van der Waals surface area (Å²) in [5, 5.41) is 7.51. The van der Waals surface area contributed by atoms with Crippen molar-refractivity contribution in [3.05, 3.63) is 35.7 Å². The van der Waals surface area contributed by atoms with Gasteiger partial charge in [0.15, 0.2) is 0 Å². The highest BCUT2D eigenvalue weighted by molar-refractivity contribution is 5.95. The zero-order valence-corrected chi connectivity index (χ0v) is 18.9. The Hall–Kier alpha value is -1.96. The van der Waals surface area contributed by atoms with E-state index in [1.165, 1.54) is 0 Å². The smallest absolute Gasteiger partial charge is 0.253 e. The van der Waals surface area contributed by atoms with Gasteiger partial charge in [-0.25, -0.2) is 0 Å². The van der Waals surface area contributed by atoms with Crippen molar-refractivity contribution in [1.82, 2.24) is 25.3 Å². The molecule has 2 aliphatic heterocycles. The number of nitrogens with one attached hydrogen (secondary N) is 1. The molecule has 0 spiro atoms. The molecule has 0 aliphatic carbocycles. The molecule has 2 fully saturated rings. The molecule has 1 atom stereocenters. The molecular formula is C22H32ClN5O2. The van der Waals surface area contributed by atoms with Crippen molar-refractivity contribution in [2.24, 2.45) is 5.41 Å². The summed E-state index contributed by atoms with van der Waals surface area (Å²) in [4.78, 5) is 22.1. The van der Waals surface area contributed by atoms with E-state index in [0.29, 0.717) is 23.3 Å². The van der Waals surface area contributed by atoms with Crippen LogP contribution in [0.15, 0.2) is 28.8 Å². The Balaban J connectivity index is 0.00000256. The van der Waals surface area contributed by atoms with Crippen molar-refractivity contribution in [3.63, 3.8) is 0 Å². The first-order valence-electron chi connectivity index (χ1n) is 10.6. The van der Waals surface area contributed by atoms with E-state index in [1.54, 1.807) is 0 Å². The third-order valence-corrected chi connectivity index (χ3v) is 5.64. The fourth-order valence-corrected chi connectivity index (χ4v) is 4.14. The molecule has 1 amide bonds. The molecule has 3 heterocycles. The lowest BCUT2D eigenvalue weighted by Crippen LogP contribution is -2.49. The molecule has 2 saturated heterocycles. The molecule has 0 saturated carbocycles. The van der Waals surface area contributed by atoms with Gasteiger partial charge < -0.3 is 14.7 Å². The van der Waals surface area contributed by atoms with E-state index in [4.69, 9.17) is 4.52 Å². The predicted molar refractivity (Wildman–Crippen MR) is 119 cm³/mol. The maximum Gasteiger partial charge on any atom is 0.253 e. The monoisotopic (exact) mass is 433 g/mol. The standard InChI is InChI=1S/C22H31N5O2.ClH/c1-22(2,3)14-19-24-20(25-29-19)16-5-4-6-17(13-16)21(28)27-10-7-18(15-27)26-11-8-23-9-12-26;/h4-6,13,18,23H,7-12,14-15H2,1-3H3;1H. The summed E-state index contributed by atoms with van der Waals surface area (Å²) in [5.41, 5.74) is 1.58. The summed E-state index contributed by atoms with van der Waals surface area (Å²) in [7, 11) is 0. The second-order valence-electron chi connectivity index (χ2n) is 9.31. The molecule has 1 aromatic heterocycles. The van der Waals surface area contributed by atoms with Crippen LogP contribution < -0.4 is 5.32 Å². The average Bonchev–Trinajstić information content (AvgIpc) is 3.37. The molecular weight excluding hydrogens is 402 g/mol. The van der Waals surface area contributed by atoms with Crippen molar-refractivity contribution in [3.8, 4) is 11.4 Å². The lowest BCUT2D eigenvalue weighted by atomic mass is 9.92. The minimum Gasteiger partial charge on any atom is -0.339 e. The predicted octanol–water partition coefficient (Wildman–Crippen LogP) is 2.87. The van der Waals surface area contributed by atoms with E-state index in [1.807, 2.05) is 29.2 Å². The van der Waals surface area contributed by atoms with E-state index in [9.17, 15) is 4.79 Å². The molecule has 2 aromatic rings. The third kappa shape index (κ3) is 5.39. The second-order valence-corrected chi connectivity index (χ2v) is 9.31. The third-order valence-electron chi connectivity index (χ3n) is 5.64. The number of likely N-dealkylation sites (tertiary alicyclic amines) is 1. The fraction of sp³-hybridized carbons (Fsp3) is 0.591. The lowest BCUT2D eigenvalue weighted by molar-refractivity contribution is 0.0773. The normalized spacial score (nSPS) is 20.2. The number of benzene rings is 1. The number of hydrogen-bond donors (Lipinski definition) is 1. The average molecular weight is 434 g/mol. The number of hydrogen-bond acceptors (Lipinski definition) is 6. The largest absolute Gasteiger partial charge is 0.339 e. The number of nitrogens with zero attached hydrogens (tertiary/aromatic N) is 4. The highest BCUT2D eigenvalue weighted by Gasteiger charge is 2.31. The molecule has 0 radical (unpaired) electrons. The van der Waals surface area contributed by atoms with Gasteiger partial charge >= 0.3 is 0 Å².